The lowest BCUT2D eigenvalue weighted by molar-refractivity contribution is 0.00297. The summed E-state index contributed by atoms with van der Waals surface area (Å²) in [7, 11) is 0. The van der Waals surface area contributed by atoms with Crippen LogP contribution in [0.5, 0.6) is 0 Å². The quantitative estimate of drug-likeness (QED) is 0.677. The van der Waals surface area contributed by atoms with Crippen LogP contribution in [0.15, 0.2) is 0 Å². The molecule has 2 nitrogen and oxygen atoms in total. The van der Waals surface area contributed by atoms with E-state index in [-0.39, 0.29) is 0 Å². The Labute approximate surface area is 74.7 Å². The van der Waals surface area contributed by atoms with Crippen molar-refractivity contribution in [2.45, 2.75) is 38.2 Å². The molecule has 0 bridgehead atoms. The second-order valence-electron chi connectivity index (χ2n) is 4.08. The molecule has 0 aromatic rings. The standard InChI is InChI=1S/C10H19NO/c1-2-6-12-10(3-1)7-9-4-5-11-8-9/h9-11H,1-8H2. The Kier molecular flexibility index (Phi) is 3.01. The van der Waals surface area contributed by atoms with Gasteiger partial charge in [-0.1, -0.05) is 0 Å². The molecule has 0 spiro atoms. The fourth-order valence-corrected chi connectivity index (χ4v) is 2.28. The van der Waals surface area contributed by atoms with Gasteiger partial charge < -0.3 is 10.1 Å². The molecule has 2 fully saturated rings. The molecule has 0 saturated carbocycles. The fourth-order valence-electron chi connectivity index (χ4n) is 2.28. The number of nitrogens with one attached hydrogen (secondary N) is 1. The maximum Gasteiger partial charge on any atom is 0.0578 e. The molecule has 0 aliphatic carbocycles. The minimum atomic E-state index is 0.587. The summed E-state index contributed by atoms with van der Waals surface area (Å²) in [5.41, 5.74) is 0. The molecule has 2 rings (SSSR count). The molecule has 0 aromatic heterocycles. The van der Waals surface area contributed by atoms with Crippen LogP contribution in [0.1, 0.15) is 32.1 Å². The van der Waals surface area contributed by atoms with Gasteiger partial charge >= 0.3 is 0 Å². The molecule has 0 aromatic carbocycles. The summed E-state index contributed by atoms with van der Waals surface area (Å²) < 4.78 is 5.71. The third-order valence-corrected chi connectivity index (χ3v) is 3.03. The van der Waals surface area contributed by atoms with Crippen molar-refractivity contribution in [1.82, 2.24) is 5.32 Å². The monoisotopic (exact) mass is 169 g/mol. The molecule has 70 valence electrons. The third kappa shape index (κ3) is 2.20. The molecular weight excluding hydrogens is 150 g/mol. The van der Waals surface area contributed by atoms with Crippen LogP contribution in [0.2, 0.25) is 0 Å². The highest BCUT2D eigenvalue weighted by Gasteiger charge is 2.21. The maximum atomic E-state index is 5.71. The van der Waals surface area contributed by atoms with Gasteiger partial charge in [-0.2, -0.15) is 0 Å². The molecule has 1 N–H and O–H groups in total. The second kappa shape index (κ2) is 4.24. The van der Waals surface area contributed by atoms with Gasteiger partial charge in [-0.05, 0) is 51.1 Å². The molecule has 12 heavy (non-hydrogen) atoms. The summed E-state index contributed by atoms with van der Waals surface area (Å²) in [5.74, 6) is 0.896. The van der Waals surface area contributed by atoms with Crippen molar-refractivity contribution in [3.8, 4) is 0 Å². The van der Waals surface area contributed by atoms with Gasteiger partial charge in [-0.15, -0.1) is 0 Å². The van der Waals surface area contributed by atoms with Crippen LogP contribution in [0, 0.1) is 5.92 Å². The molecule has 2 aliphatic rings. The first-order chi connectivity index (χ1) is 5.95. The van der Waals surface area contributed by atoms with Gasteiger partial charge in [0.15, 0.2) is 0 Å². The SMILES string of the molecule is C1CCC(CC2CCNC2)OC1. The first-order valence-electron chi connectivity index (χ1n) is 5.27. The summed E-state index contributed by atoms with van der Waals surface area (Å²) >= 11 is 0. The zero-order chi connectivity index (χ0) is 8.23. The molecular formula is C10H19NO. The van der Waals surface area contributed by atoms with E-state index in [1.165, 1.54) is 45.2 Å². The smallest absolute Gasteiger partial charge is 0.0578 e. The molecule has 2 saturated heterocycles. The summed E-state index contributed by atoms with van der Waals surface area (Å²) in [5, 5.41) is 3.41. The zero-order valence-corrected chi connectivity index (χ0v) is 7.72. The van der Waals surface area contributed by atoms with Crippen molar-refractivity contribution < 1.29 is 4.74 Å². The van der Waals surface area contributed by atoms with Gasteiger partial charge in [0.1, 0.15) is 0 Å². The van der Waals surface area contributed by atoms with E-state index in [0.717, 1.165) is 12.5 Å². The Balaban J connectivity index is 1.69. The number of hydrogen-bond donors (Lipinski definition) is 1. The first kappa shape index (κ1) is 8.52. The largest absolute Gasteiger partial charge is 0.378 e. The van der Waals surface area contributed by atoms with Crippen LogP contribution in [0.4, 0.5) is 0 Å². The highest BCUT2D eigenvalue weighted by atomic mass is 16.5. The topological polar surface area (TPSA) is 21.3 Å². The average Bonchev–Trinajstić information content (AvgIpc) is 2.59. The third-order valence-electron chi connectivity index (χ3n) is 3.03. The minimum Gasteiger partial charge on any atom is -0.378 e. The van der Waals surface area contributed by atoms with E-state index in [1.54, 1.807) is 0 Å². The van der Waals surface area contributed by atoms with E-state index in [0.29, 0.717) is 6.10 Å². The van der Waals surface area contributed by atoms with Gasteiger partial charge in [0, 0.05) is 6.61 Å². The Morgan fingerprint density at radius 3 is 2.92 bits per heavy atom. The Morgan fingerprint density at radius 2 is 2.25 bits per heavy atom. The minimum absolute atomic E-state index is 0.587. The molecule has 2 unspecified atom stereocenters. The van der Waals surface area contributed by atoms with Gasteiger partial charge in [-0.3, -0.25) is 0 Å². The van der Waals surface area contributed by atoms with Gasteiger partial charge in [0.05, 0.1) is 6.10 Å². The van der Waals surface area contributed by atoms with Crippen molar-refractivity contribution >= 4 is 0 Å². The predicted octanol–water partition coefficient (Wildman–Crippen LogP) is 1.56. The lowest BCUT2D eigenvalue weighted by Crippen LogP contribution is -2.23. The van der Waals surface area contributed by atoms with E-state index in [1.807, 2.05) is 0 Å². The molecule has 0 amide bonds. The van der Waals surface area contributed by atoms with Crippen LogP contribution in [-0.4, -0.2) is 25.8 Å². The Hall–Kier alpha value is -0.0800. The van der Waals surface area contributed by atoms with Crippen LogP contribution in [-0.2, 0) is 4.74 Å². The normalized spacial score (nSPS) is 37.0. The van der Waals surface area contributed by atoms with E-state index in [2.05, 4.69) is 5.32 Å². The van der Waals surface area contributed by atoms with Gasteiger partial charge in [-0.25, -0.2) is 0 Å². The van der Waals surface area contributed by atoms with Crippen LogP contribution in [0.25, 0.3) is 0 Å². The van der Waals surface area contributed by atoms with E-state index < -0.39 is 0 Å². The zero-order valence-electron chi connectivity index (χ0n) is 7.72. The first-order valence-corrected chi connectivity index (χ1v) is 5.27. The molecule has 2 aliphatic heterocycles. The molecule has 0 radical (unpaired) electrons. The average molecular weight is 169 g/mol. The summed E-state index contributed by atoms with van der Waals surface area (Å²) in [4.78, 5) is 0. The van der Waals surface area contributed by atoms with Crippen LogP contribution >= 0.6 is 0 Å². The fraction of sp³-hybridized carbons (Fsp3) is 1.00. The molecule has 2 atom stereocenters. The second-order valence-corrected chi connectivity index (χ2v) is 4.08. The van der Waals surface area contributed by atoms with Crippen molar-refractivity contribution in [3.63, 3.8) is 0 Å². The highest BCUT2D eigenvalue weighted by Crippen LogP contribution is 2.22. The summed E-state index contributed by atoms with van der Waals surface area (Å²) in [6.07, 6.45) is 7.21. The lowest BCUT2D eigenvalue weighted by atomic mass is 9.96. The lowest BCUT2D eigenvalue weighted by Gasteiger charge is -2.24. The molecule has 2 heterocycles. The van der Waals surface area contributed by atoms with Gasteiger partial charge in [0.2, 0.25) is 0 Å². The summed E-state index contributed by atoms with van der Waals surface area (Å²) in [6.45, 7) is 3.45. The number of hydrogen-bond acceptors (Lipinski definition) is 2. The van der Waals surface area contributed by atoms with E-state index >= 15 is 0 Å². The van der Waals surface area contributed by atoms with Crippen molar-refractivity contribution in [1.29, 1.82) is 0 Å². The number of rotatable bonds is 2. The highest BCUT2D eigenvalue weighted by molar-refractivity contribution is 4.76. The van der Waals surface area contributed by atoms with Crippen LogP contribution < -0.4 is 5.32 Å². The number of ether oxygens (including phenoxy) is 1. The van der Waals surface area contributed by atoms with Crippen molar-refractivity contribution in [2.75, 3.05) is 19.7 Å². The Morgan fingerprint density at radius 1 is 1.25 bits per heavy atom. The Bertz CT molecular complexity index is 126. The predicted molar refractivity (Wildman–Crippen MR) is 49.2 cm³/mol. The van der Waals surface area contributed by atoms with Crippen molar-refractivity contribution in [3.05, 3.63) is 0 Å². The van der Waals surface area contributed by atoms with Gasteiger partial charge in [0.25, 0.3) is 0 Å². The van der Waals surface area contributed by atoms with Crippen LogP contribution in [0.3, 0.4) is 0 Å². The molecule has 2 heteroatoms. The van der Waals surface area contributed by atoms with E-state index in [9.17, 15) is 0 Å². The van der Waals surface area contributed by atoms with E-state index in [4.69, 9.17) is 4.74 Å². The van der Waals surface area contributed by atoms with Crippen molar-refractivity contribution in [2.24, 2.45) is 5.92 Å². The maximum absolute atomic E-state index is 5.71. The summed E-state index contributed by atoms with van der Waals surface area (Å²) in [6, 6.07) is 0.